The van der Waals surface area contributed by atoms with E-state index < -0.39 is 18.3 Å². The minimum absolute atomic E-state index is 0.155. The summed E-state index contributed by atoms with van der Waals surface area (Å²) in [5, 5.41) is 19.9. The zero-order valence-electron chi connectivity index (χ0n) is 15.5. The van der Waals surface area contributed by atoms with Crippen LogP contribution in [0.5, 0.6) is 5.75 Å². The molecule has 0 saturated carbocycles. The molecular weight excluding hydrogens is 350 g/mol. The Kier molecular flexibility index (Phi) is 6.31. The number of ether oxygens (including phenoxy) is 2. The van der Waals surface area contributed by atoms with Gasteiger partial charge in [-0.15, -0.1) is 0 Å². The molecule has 146 valence electrons. The fourth-order valence-electron chi connectivity index (χ4n) is 3.13. The predicted octanol–water partition coefficient (Wildman–Crippen LogP) is 1.20. The Bertz CT molecular complexity index is 746. The third-order valence-electron chi connectivity index (χ3n) is 4.55. The Morgan fingerprint density at radius 3 is 2.85 bits per heavy atom. The Balaban J connectivity index is 1.49. The third-order valence-corrected chi connectivity index (χ3v) is 4.55. The van der Waals surface area contributed by atoms with Gasteiger partial charge in [0.2, 0.25) is 0 Å². The van der Waals surface area contributed by atoms with Gasteiger partial charge in [0.25, 0.3) is 0 Å². The van der Waals surface area contributed by atoms with Gasteiger partial charge in [-0.3, -0.25) is 0 Å². The second kappa shape index (κ2) is 8.88. The molecule has 3 atom stereocenters. The van der Waals surface area contributed by atoms with Crippen LogP contribution in [0.25, 0.3) is 0 Å². The first-order chi connectivity index (χ1) is 13.0. The van der Waals surface area contributed by atoms with Gasteiger partial charge < -0.3 is 29.7 Å². The SMILES string of the molecule is COc1ccc(C[C@H]2NC[C@H](O)[C@H]2OC(=O)NCCc2cc(C)on2)cc1. The van der Waals surface area contributed by atoms with Crippen molar-refractivity contribution in [2.45, 2.75) is 38.0 Å². The molecule has 0 unspecified atom stereocenters. The average Bonchev–Trinajstić information content (AvgIpc) is 3.22. The first kappa shape index (κ1) is 19.2. The molecule has 1 aromatic heterocycles. The second-order valence-corrected chi connectivity index (χ2v) is 6.61. The Morgan fingerprint density at radius 1 is 1.41 bits per heavy atom. The maximum Gasteiger partial charge on any atom is 0.407 e. The van der Waals surface area contributed by atoms with Crippen LogP contribution in [0.1, 0.15) is 17.0 Å². The molecule has 0 radical (unpaired) electrons. The van der Waals surface area contributed by atoms with Gasteiger partial charge in [0, 0.05) is 25.6 Å². The van der Waals surface area contributed by atoms with E-state index in [1.165, 1.54) is 0 Å². The fourth-order valence-corrected chi connectivity index (χ4v) is 3.13. The summed E-state index contributed by atoms with van der Waals surface area (Å²) < 4.78 is 15.6. The summed E-state index contributed by atoms with van der Waals surface area (Å²) in [6.45, 7) is 2.58. The zero-order chi connectivity index (χ0) is 19.2. The first-order valence-corrected chi connectivity index (χ1v) is 8.96. The molecule has 8 nitrogen and oxygen atoms in total. The summed E-state index contributed by atoms with van der Waals surface area (Å²) in [6.07, 6.45) is -0.717. The van der Waals surface area contributed by atoms with E-state index in [1.807, 2.05) is 37.3 Å². The van der Waals surface area contributed by atoms with Gasteiger partial charge in [-0.2, -0.15) is 0 Å². The lowest BCUT2D eigenvalue weighted by molar-refractivity contribution is 0.0190. The molecule has 1 amide bonds. The lowest BCUT2D eigenvalue weighted by Gasteiger charge is -2.22. The molecule has 27 heavy (non-hydrogen) atoms. The van der Waals surface area contributed by atoms with Crippen molar-refractivity contribution in [2.75, 3.05) is 20.2 Å². The van der Waals surface area contributed by atoms with Crippen LogP contribution < -0.4 is 15.4 Å². The van der Waals surface area contributed by atoms with Crippen LogP contribution >= 0.6 is 0 Å². The van der Waals surface area contributed by atoms with Gasteiger partial charge in [0.05, 0.1) is 18.8 Å². The first-order valence-electron chi connectivity index (χ1n) is 8.96. The van der Waals surface area contributed by atoms with Gasteiger partial charge in [-0.25, -0.2) is 4.79 Å². The molecule has 1 aliphatic heterocycles. The maximum absolute atomic E-state index is 12.1. The molecule has 2 aromatic rings. The number of aliphatic hydroxyl groups excluding tert-OH is 1. The standard InChI is InChI=1S/C19H25N3O5/c1-12-9-14(22-27-12)7-8-20-19(24)26-18-16(21-11-17(18)23)10-13-3-5-15(25-2)6-4-13/h3-6,9,16-18,21,23H,7-8,10-11H2,1-2H3,(H,20,24)/t16-,17+,18+/m1/s1. The lowest BCUT2D eigenvalue weighted by Crippen LogP contribution is -2.41. The number of alkyl carbamates (subject to hydrolysis) is 1. The number of nitrogens with zero attached hydrogens (tertiary/aromatic N) is 1. The summed E-state index contributed by atoms with van der Waals surface area (Å²) in [5.74, 6) is 1.52. The van der Waals surface area contributed by atoms with Gasteiger partial charge in [0.15, 0.2) is 0 Å². The molecule has 2 heterocycles. The van der Waals surface area contributed by atoms with Crippen LogP contribution in [0.4, 0.5) is 4.79 Å². The third kappa shape index (κ3) is 5.21. The summed E-state index contributed by atoms with van der Waals surface area (Å²) in [4.78, 5) is 12.1. The van der Waals surface area contributed by atoms with E-state index in [-0.39, 0.29) is 6.04 Å². The number of β-amino-alcohol motifs (C(OH)–C–C–N with tert-alkyl or cyclic N) is 1. The van der Waals surface area contributed by atoms with E-state index in [0.717, 1.165) is 22.8 Å². The van der Waals surface area contributed by atoms with Crippen molar-refractivity contribution in [1.82, 2.24) is 15.8 Å². The molecule has 1 saturated heterocycles. The minimum atomic E-state index is -0.739. The van der Waals surface area contributed by atoms with E-state index in [0.29, 0.717) is 25.9 Å². The van der Waals surface area contributed by atoms with Crippen LogP contribution in [-0.4, -0.2) is 54.8 Å². The minimum Gasteiger partial charge on any atom is -0.497 e. The van der Waals surface area contributed by atoms with E-state index >= 15 is 0 Å². The smallest absolute Gasteiger partial charge is 0.407 e. The average molecular weight is 375 g/mol. The van der Waals surface area contributed by atoms with Crippen LogP contribution in [0.15, 0.2) is 34.9 Å². The lowest BCUT2D eigenvalue weighted by atomic mass is 10.0. The second-order valence-electron chi connectivity index (χ2n) is 6.61. The number of hydrogen-bond acceptors (Lipinski definition) is 7. The quantitative estimate of drug-likeness (QED) is 0.668. The molecule has 1 fully saturated rings. The number of nitrogens with one attached hydrogen (secondary N) is 2. The Morgan fingerprint density at radius 2 is 2.19 bits per heavy atom. The highest BCUT2D eigenvalue weighted by molar-refractivity contribution is 5.67. The summed E-state index contributed by atoms with van der Waals surface area (Å²) in [6, 6.07) is 9.36. The maximum atomic E-state index is 12.1. The molecular formula is C19H25N3O5. The number of benzene rings is 1. The fraction of sp³-hybridized carbons (Fsp3) is 0.474. The molecule has 1 aromatic carbocycles. The number of aryl methyl sites for hydroxylation is 1. The molecule has 0 bridgehead atoms. The van der Waals surface area contributed by atoms with Crippen molar-refractivity contribution < 1.29 is 23.9 Å². The van der Waals surface area contributed by atoms with Crippen molar-refractivity contribution in [3.8, 4) is 5.75 Å². The van der Waals surface area contributed by atoms with Crippen molar-refractivity contribution >= 4 is 6.09 Å². The van der Waals surface area contributed by atoms with Gasteiger partial charge in [0.1, 0.15) is 23.7 Å². The van der Waals surface area contributed by atoms with Crippen LogP contribution in [0.2, 0.25) is 0 Å². The molecule has 0 aliphatic carbocycles. The van der Waals surface area contributed by atoms with E-state index in [2.05, 4.69) is 15.8 Å². The van der Waals surface area contributed by atoms with Gasteiger partial charge in [-0.1, -0.05) is 17.3 Å². The number of aromatic nitrogens is 1. The van der Waals surface area contributed by atoms with Crippen molar-refractivity contribution in [2.24, 2.45) is 0 Å². The van der Waals surface area contributed by atoms with Crippen LogP contribution in [0.3, 0.4) is 0 Å². The Hall–Kier alpha value is -2.58. The summed E-state index contributed by atoms with van der Waals surface area (Å²) in [7, 11) is 1.62. The number of carbonyl (C=O) groups excluding carboxylic acids is 1. The van der Waals surface area contributed by atoms with Crippen molar-refractivity contribution in [3.63, 3.8) is 0 Å². The normalized spacial score (nSPS) is 21.8. The van der Waals surface area contributed by atoms with E-state index in [1.54, 1.807) is 7.11 Å². The largest absolute Gasteiger partial charge is 0.497 e. The highest BCUT2D eigenvalue weighted by Gasteiger charge is 2.37. The highest BCUT2D eigenvalue weighted by atomic mass is 16.6. The number of carbonyl (C=O) groups is 1. The van der Waals surface area contributed by atoms with Gasteiger partial charge >= 0.3 is 6.09 Å². The Labute approximate surface area is 157 Å². The van der Waals surface area contributed by atoms with E-state index in [9.17, 15) is 9.90 Å². The summed E-state index contributed by atoms with van der Waals surface area (Å²) >= 11 is 0. The molecule has 8 heteroatoms. The van der Waals surface area contributed by atoms with Crippen molar-refractivity contribution in [1.29, 1.82) is 0 Å². The van der Waals surface area contributed by atoms with E-state index in [4.69, 9.17) is 14.0 Å². The van der Waals surface area contributed by atoms with Crippen LogP contribution in [-0.2, 0) is 17.6 Å². The number of aliphatic hydroxyl groups is 1. The van der Waals surface area contributed by atoms with Gasteiger partial charge in [-0.05, 0) is 31.0 Å². The number of hydrogen-bond donors (Lipinski definition) is 3. The highest BCUT2D eigenvalue weighted by Crippen LogP contribution is 2.19. The van der Waals surface area contributed by atoms with Crippen molar-refractivity contribution in [3.05, 3.63) is 47.3 Å². The summed E-state index contributed by atoms with van der Waals surface area (Å²) in [5.41, 5.74) is 1.84. The monoisotopic (exact) mass is 375 g/mol. The molecule has 0 spiro atoms. The number of methoxy groups -OCH3 is 1. The van der Waals surface area contributed by atoms with Crippen LogP contribution in [0, 0.1) is 6.92 Å². The predicted molar refractivity (Wildman–Crippen MR) is 97.7 cm³/mol. The number of rotatable bonds is 7. The molecule has 3 rings (SSSR count). The molecule has 1 aliphatic rings. The zero-order valence-corrected chi connectivity index (χ0v) is 15.5. The molecule has 3 N–H and O–H groups in total. The topological polar surface area (TPSA) is 106 Å². The number of amides is 1.